The highest BCUT2D eigenvalue weighted by Gasteiger charge is 2.31. The third-order valence-electron chi connectivity index (χ3n) is 5.00. The lowest BCUT2D eigenvalue weighted by Crippen LogP contribution is -2.52. The molecule has 0 aromatic heterocycles. The van der Waals surface area contributed by atoms with Gasteiger partial charge in [-0.05, 0) is 37.1 Å². The summed E-state index contributed by atoms with van der Waals surface area (Å²) in [6.07, 6.45) is 6.51. The molecule has 1 aliphatic heterocycles. The first-order chi connectivity index (χ1) is 13.2. The van der Waals surface area contributed by atoms with Crippen molar-refractivity contribution >= 4 is 33.6 Å². The van der Waals surface area contributed by atoms with Gasteiger partial charge in [-0.25, -0.2) is 18.0 Å². The van der Waals surface area contributed by atoms with E-state index in [1.165, 1.54) is 32.1 Å². The number of aliphatic carboxylic acids is 2. The van der Waals surface area contributed by atoms with Crippen molar-refractivity contribution < 1.29 is 28.2 Å². The molecule has 28 heavy (non-hydrogen) atoms. The van der Waals surface area contributed by atoms with Crippen molar-refractivity contribution in [2.24, 2.45) is 0 Å². The van der Waals surface area contributed by atoms with E-state index >= 15 is 0 Å². The highest BCUT2D eigenvalue weighted by molar-refractivity contribution is 7.89. The predicted octanol–water partition coefficient (Wildman–Crippen LogP) is 2.13. The summed E-state index contributed by atoms with van der Waals surface area (Å²) in [4.78, 5) is 21.0. The molecule has 0 bridgehead atoms. The first kappa shape index (κ1) is 22.6. The van der Waals surface area contributed by atoms with Gasteiger partial charge < -0.3 is 10.2 Å². The second-order valence-electron chi connectivity index (χ2n) is 6.80. The van der Waals surface area contributed by atoms with Gasteiger partial charge in [0, 0.05) is 37.2 Å². The number of nitrogens with zero attached hydrogens (tertiary/aromatic N) is 2. The molecule has 1 saturated heterocycles. The molecule has 3 rings (SSSR count). The zero-order chi connectivity index (χ0) is 20.7. The average Bonchev–Trinajstić information content (AvgIpc) is 2.69. The Morgan fingerprint density at radius 2 is 1.39 bits per heavy atom. The normalized spacial score (nSPS) is 19.5. The first-order valence-electron chi connectivity index (χ1n) is 9.18. The molecule has 0 atom stereocenters. The van der Waals surface area contributed by atoms with Gasteiger partial charge in [-0.15, -0.1) is 0 Å². The van der Waals surface area contributed by atoms with Crippen LogP contribution in [0.1, 0.15) is 32.1 Å². The number of carboxylic acid groups (broad SMARTS) is 2. The fourth-order valence-corrected chi connectivity index (χ4v) is 5.06. The summed E-state index contributed by atoms with van der Waals surface area (Å²) in [6, 6.07) is 7.10. The van der Waals surface area contributed by atoms with Crippen molar-refractivity contribution in [3.8, 4) is 0 Å². The zero-order valence-electron chi connectivity index (χ0n) is 15.5. The summed E-state index contributed by atoms with van der Waals surface area (Å²) in [6.45, 7) is 2.86. The molecule has 2 N–H and O–H groups in total. The van der Waals surface area contributed by atoms with Gasteiger partial charge in [0.15, 0.2) is 0 Å². The van der Waals surface area contributed by atoms with Gasteiger partial charge in [0.2, 0.25) is 10.0 Å². The summed E-state index contributed by atoms with van der Waals surface area (Å²) in [5.74, 6) is -3.65. The van der Waals surface area contributed by atoms with Gasteiger partial charge in [-0.3, -0.25) is 4.90 Å². The Bertz CT molecular complexity index is 758. The molecular weight excluding hydrogens is 408 g/mol. The number of sulfonamides is 1. The molecule has 0 unspecified atom stereocenters. The fraction of sp³-hybridized carbons (Fsp3) is 0.556. The van der Waals surface area contributed by atoms with E-state index in [1.807, 2.05) is 0 Å². The maximum atomic E-state index is 12.6. The maximum absolute atomic E-state index is 12.6. The average molecular weight is 433 g/mol. The van der Waals surface area contributed by atoms with Crippen LogP contribution in [-0.2, 0) is 19.6 Å². The topological polar surface area (TPSA) is 115 Å². The highest BCUT2D eigenvalue weighted by atomic mass is 35.5. The van der Waals surface area contributed by atoms with Crippen molar-refractivity contribution in [2.45, 2.75) is 43.0 Å². The molecule has 1 heterocycles. The van der Waals surface area contributed by atoms with Crippen LogP contribution in [0, 0.1) is 0 Å². The Hall–Kier alpha value is -1.68. The van der Waals surface area contributed by atoms with Crippen molar-refractivity contribution in [3.63, 3.8) is 0 Å². The molecule has 2 fully saturated rings. The third-order valence-corrected chi connectivity index (χ3v) is 7.16. The van der Waals surface area contributed by atoms with E-state index in [0.29, 0.717) is 29.0 Å². The Labute approximate surface area is 169 Å². The molecule has 1 saturated carbocycles. The van der Waals surface area contributed by atoms with Crippen LogP contribution >= 0.6 is 11.6 Å². The van der Waals surface area contributed by atoms with Crippen molar-refractivity contribution in [3.05, 3.63) is 29.3 Å². The lowest BCUT2D eigenvalue weighted by atomic mass is 9.94. The molecule has 8 nitrogen and oxygen atoms in total. The zero-order valence-corrected chi connectivity index (χ0v) is 17.0. The van der Waals surface area contributed by atoms with E-state index in [2.05, 4.69) is 4.90 Å². The van der Waals surface area contributed by atoms with Crippen LogP contribution in [-0.4, -0.2) is 72.0 Å². The van der Waals surface area contributed by atoms with Crippen molar-refractivity contribution in [2.75, 3.05) is 26.2 Å². The lowest BCUT2D eigenvalue weighted by Gasteiger charge is -2.40. The Balaban J connectivity index is 0.000000409. The largest absolute Gasteiger partial charge is 0.473 e. The van der Waals surface area contributed by atoms with E-state index < -0.39 is 22.0 Å². The second kappa shape index (κ2) is 10.2. The molecule has 0 spiro atoms. The number of carbonyl (C=O) groups is 2. The SMILES string of the molecule is O=C(O)C(=O)O.O=S(=O)(c1ccc(Cl)cc1)N1CCN(C2CCCCC2)CC1. The van der Waals surface area contributed by atoms with Gasteiger partial charge in [-0.2, -0.15) is 4.31 Å². The molecular formula is C18H25ClN2O6S. The van der Waals surface area contributed by atoms with Crippen molar-refractivity contribution in [1.82, 2.24) is 9.21 Å². The predicted molar refractivity (Wildman–Crippen MR) is 104 cm³/mol. The van der Waals surface area contributed by atoms with Gasteiger partial charge in [0.1, 0.15) is 0 Å². The van der Waals surface area contributed by atoms with E-state index in [0.717, 1.165) is 13.1 Å². The number of benzene rings is 1. The second-order valence-corrected chi connectivity index (χ2v) is 9.17. The minimum atomic E-state index is -3.38. The summed E-state index contributed by atoms with van der Waals surface area (Å²) >= 11 is 5.84. The number of halogens is 1. The van der Waals surface area contributed by atoms with Gasteiger partial charge in [0.05, 0.1) is 4.90 Å². The summed E-state index contributed by atoms with van der Waals surface area (Å²) in [5.41, 5.74) is 0. The molecule has 1 aromatic rings. The third kappa shape index (κ3) is 6.16. The molecule has 0 radical (unpaired) electrons. The number of hydrogen-bond donors (Lipinski definition) is 2. The quantitative estimate of drug-likeness (QED) is 0.703. The van der Waals surface area contributed by atoms with Crippen molar-refractivity contribution in [1.29, 1.82) is 0 Å². The standard InChI is InChI=1S/C16H23ClN2O2S.C2H2O4/c17-14-6-8-16(9-7-14)22(20,21)19-12-10-18(11-13-19)15-4-2-1-3-5-15;3-1(4)2(5)6/h6-9,15H,1-5,10-13H2;(H,3,4)(H,5,6). The molecule has 2 aliphatic rings. The molecule has 1 aromatic carbocycles. The smallest absolute Gasteiger partial charge is 0.414 e. The monoisotopic (exact) mass is 432 g/mol. The van der Waals surface area contributed by atoms with E-state index in [4.69, 9.17) is 31.4 Å². The fourth-order valence-electron chi connectivity index (χ4n) is 3.51. The van der Waals surface area contributed by atoms with E-state index in [1.54, 1.807) is 28.6 Å². The summed E-state index contributed by atoms with van der Waals surface area (Å²) in [7, 11) is -3.38. The number of carboxylic acids is 2. The van der Waals surface area contributed by atoms with Crippen LogP contribution in [0.25, 0.3) is 0 Å². The Kier molecular flexibility index (Phi) is 8.23. The number of piperazine rings is 1. The van der Waals surface area contributed by atoms with E-state index in [9.17, 15) is 8.42 Å². The van der Waals surface area contributed by atoms with Crippen LogP contribution < -0.4 is 0 Å². The first-order valence-corrected chi connectivity index (χ1v) is 11.0. The van der Waals surface area contributed by atoms with Crippen LogP contribution in [0.3, 0.4) is 0 Å². The lowest BCUT2D eigenvalue weighted by molar-refractivity contribution is -0.159. The minimum absolute atomic E-state index is 0.336. The summed E-state index contributed by atoms with van der Waals surface area (Å²) < 4.78 is 26.9. The van der Waals surface area contributed by atoms with E-state index in [-0.39, 0.29) is 0 Å². The van der Waals surface area contributed by atoms with Crippen LogP contribution in [0.15, 0.2) is 29.2 Å². The molecule has 10 heteroatoms. The minimum Gasteiger partial charge on any atom is -0.473 e. The highest BCUT2D eigenvalue weighted by Crippen LogP contribution is 2.25. The van der Waals surface area contributed by atoms with Gasteiger partial charge in [0.25, 0.3) is 0 Å². The van der Waals surface area contributed by atoms with Gasteiger partial charge in [-0.1, -0.05) is 30.9 Å². The van der Waals surface area contributed by atoms with Crippen LogP contribution in [0.5, 0.6) is 0 Å². The number of hydrogen-bond acceptors (Lipinski definition) is 5. The summed E-state index contributed by atoms with van der Waals surface area (Å²) in [5, 5.41) is 15.3. The molecule has 156 valence electrons. The van der Waals surface area contributed by atoms with Crippen LogP contribution in [0.4, 0.5) is 0 Å². The van der Waals surface area contributed by atoms with Crippen LogP contribution in [0.2, 0.25) is 5.02 Å². The Morgan fingerprint density at radius 3 is 1.86 bits per heavy atom. The van der Waals surface area contributed by atoms with Gasteiger partial charge >= 0.3 is 11.9 Å². The molecule has 0 amide bonds. The Morgan fingerprint density at radius 1 is 0.893 bits per heavy atom. The molecule has 1 aliphatic carbocycles. The maximum Gasteiger partial charge on any atom is 0.414 e. The number of rotatable bonds is 3.